The number of aryl methyl sites for hydroxylation is 1. The van der Waals surface area contributed by atoms with Crippen LogP contribution in [-0.4, -0.2) is 10.4 Å². The Morgan fingerprint density at radius 3 is 3.00 bits per heavy atom. The van der Waals surface area contributed by atoms with Crippen LogP contribution < -0.4 is 0 Å². The predicted molar refractivity (Wildman–Crippen MR) is 69.2 cm³/mol. The van der Waals surface area contributed by atoms with Crippen LogP contribution in [0.2, 0.25) is 0 Å². The molecule has 1 heterocycles. The first-order valence-electron chi connectivity index (χ1n) is 5.92. The first-order valence-corrected chi connectivity index (χ1v) is 6.46. The van der Waals surface area contributed by atoms with Crippen LogP contribution in [-0.2, 0) is 19.9 Å². The second kappa shape index (κ2) is 3.81. The molecule has 1 aromatic carbocycles. The van der Waals surface area contributed by atoms with Gasteiger partial charge in [0.2, 0.25) is 0 Å². The molecule has 0 saturated carbocycles. The van der Waals surface area contributed by atoms with E-state index in [1.807, 2.05) is 0 Å². The summed E-state index contributed by atoms with van der Waals surface area (Å²) in [6, 6.07) is 8.70. The number of rotatable bonds is 1. The van der Waals surface area contributed by atoms with Crippen molar-refractivity contribution in [1.29, 1.82) is 0 Å². The molecule has 1 nitrogen and oxygen atoms in total. The SMILES string of the molecule is Cn1c2c(c3ccccc31)CC(CCl)CC2. The molecule has 1 aliphatic carbocycles. The van der Waals surface area contributed by atoms with Gasteiger partial charge < -0.3 is 4.57 Å². The van der Waals surface area contributed by atoms with Gasteiger partial charge in [0.1, 0.15) is 0 Å². The Balaban J connectivity index is 2.21. The standard InChI is InChI=1S/C14H16ClN/c1-16-13-5-3-2-4-11(13)12-8-10(9-15)6-7-14(12)16/h2-5,10H,6-9H2,1H3. The van der Waals surface area contributed by atoms with Crippen LogP contribution >= 0.6 is 11.6 Å². The van der Waals surface area contributed by atoms with Gasteiger partial charge in [-0.15, -0.1) is 11.6 Å². The molecule has 84 valence electrons. The Kier molecular flexibility index (Phi) is 2.44. The van der Waals surface area contributed by atoms with Crippen molar-refractivity contribution < 1.29 is 0 Å². The molecule has 0 bridgehead atoms. The zero-order valence-corrected chi connectivity index (χ0v) is 10.3. The van der Waals surface area contributed by atoms with Crippen LogP contribution in [0.5, 0.6) is 0 Å². The van der Waals surface area contributed by atoms with Gasteiger partial charge in [0.05, 0.1) is 0 Å². The molecule has 1 aliphatic rings. The second-order valence-electron chi connectivity index (χ2n) is 4.76. The third-order valence-corrected chi connectivity index (χ3v) is 4.28. The molecule has 16 heavy (non-hydrogen) atoms. The fourth-order valence-corrected chi connectivity index (χ4v) is 3.20. The van der Waals surface area contributed by atoms with Gasteiger partial charge in [0.15, 0.2) is 0 Å². The smallest absolute Gasteiger partial charge is 0.0482 e. The number of halogens is 1. The highest BCUT2D eigenvalue weighted by Crippen LogP contribution is 2.33. The topological polar surface area (TPSA) is 4.93 Å². The Hall–Kier alpha value is -0.950. The molecule has 2 heteroatoms. The highest BCUT2D eigenvalue weighted by atomic mass is 35.5. The van der Waals surface area contributed by atoms with Gasteiger partial charge in [-0.25, -0.2) is 0 Å². The number of aromatic nitrogens is 1. The van der Waals surface area contributed by atoms with E-state index in [2.05, 4.69) is 35.9 Å². The molecule has 0 radical (unpaired) electrons. The fourth-order valence-electron chi connectivity index (χ4n) is 2.93. The van der Waals surface area contributed by atoms with E-state index in [9.17, 15) is 0 Å². The average molecular weight is 234 g/mol. The number of benzene rings is 1. The second-order valence-corrected chi connectivity index (χ2v) is 5.07. The minimum Gasteiger partial charge on any atom is -0.347 e. The highest BCUT2D eigenvalue weighted by molar-refractivity contribution is 6.18. The first-order chi connectivity index (χ1) is 7.81. The van der Waals surface area contributed by atoms with Gasteiger partial charge in [0, 0.05) is 29.5 Å². The quantitative estimate of drug-likeness (QED) is 0.665. The molecule has 2 aromatic rings. The summed E-state index contributed by atoms with van der Waals surface area (Å²) in [4.78, 5) is 0. The maximum atomic E-state index is 6.00. The van der Waals surface area contributed by atoms with Gasteiger partial charge in [-0.05, 0) is 36.8 Å². The van der Waals surface area contributed by atoms with Gasteiger partial charge in [0.25, 0.3) is 0 Å². The molecule has 0 aliphatic heterocycles. The van der Waals surface area contributed by atoms with E-state index in [0.717, 1.165) is 12.3 Å². The zero-order chi connectivity index (χ0) is 11.1. The van der Waals surface area contributed by atoms with Crippen molar-refractivity contribution in [2.45, 2.75) is 19.3 Å². The lowest BCUT2D eigenvalue weighted by atomic mass is 9.87. The van der Waals surface area contributed by atoms with E-state index in [1.165, 1.54) is 35.0 Å². The number of para-hydroxylation sites is 1. The van der Waals surface area contributed by atoms with Crippen molar-refractivity contribution in [3.05, 3.63) is 35.5 Å². The molecule has 0 N–H and O–H groups in total. The van der Waals surface area contributed by atoms with Crippen molar-refractivity contribution in [3.63, 3.8) is 0 Å². The van der Waals surface area contributed by atoms with Gasteiger partial charge in [-0.1, -0.05) is 18.2 Å². The van der Waals surface area contributed by atoms with Crippen LogP contribution in [0.3, 0.4) is 0 Å². The van der Waals surface area contributed by atoms with E-state index in [1.54, 1.807) is 0 Å². The predicted octanol–water partition coefficient (Wildman–Crippen LogP) is 3.52. The zero-order valence-electron chi connectivity index (χ0n) is 9.54. The van der Waals surface area contributed by atoms with Gasteiger partial charge in [-0.3, -0.25) is 0 Å². The van der Waals surface area contributed by atoms with E-state index in [4.69, 9.17) is 11.6 Å². The number of fused-ring (bicyclic) bond motifs is 3. The summed E-state index contributed by atoms with van der Waals surface area (Å²) < 4.78 is 2.36. The van der Waals surface area contributed by atoms with Crippen molar-refractivity contribution in [3.8, 4) is 0 Å². The molecule has 0 spiro atoms. The van der Waals surface area contributed by atoms with Crippen molar-refractivity contribution in [1.82, 2.24) is 4.57 Å². The summed E-state index contributed by atoms with van der Waals surface area (Å²) >= 11 is 6.00. The molecular weight excluding hydrogens is 218 g/mol. The Labute approximate surface area is 101 Å². The average Bonchev–Trinajstić information content (AvgIpc) is 2.64. The number of alkyl halides is 1. The van der Waals surface area contributed by atoms with Gasteiger partial charge >= 0.3 is 0 Å². The summed E-state index contributed by atoms with van der Waals surface area (Å²) in [6.07, 6.45) is 3.57. The van der Waals surface area contributed by atoms with Crippen molar-refractivity contribution in [2.75, 3.05) is 5.88 Å². The molecule has 1 atom stereocenters. The summed E-state index contributed by atoms with van der Waals surface area (Å²) in [6.45, 7) is 0. The lowest BCUT2D eigenvalue weighted by Gasteiger charge is -2.21. The first kappa shape index (κ1) is 10.2. The Morgan fingerprint density at radius 2 is 2.19 bits per heavy atom. The minimum atomic E-state index is 0.667. The Bertz CT molecular complexity index is 527. The largest absolute Gasteiger partial charge is 0.347 e. The normalized spacial score (nSPS) is 20.0. The fraction of sp³-hybridized carbons (Fsp3) is 0.429. The third-order valence-electron chi connectivity index (χ3n) is 3.84. The number of hydrogen-bond acceptors (Lipinski definition) is 0. The lowest BCUT2D eigenvalue weighted by molar-refractivity contribution is 0.497. The van der Waals surface area contributed by atoms with Crippen LogP contribution in [0, 0.1) is 5.92 Å². The molecular formula is C14H16ClN. The summed E-state index contributed by atoms with van der Waals surface area (Å²) in [5, 5.41) is 1.43. The van der Waals surface area contributed by atoms with Crippen LogP contribution in [0.25, 0.3) is 10.9 Å². The molecule has 3 rings (SSSR count). The monoisotopic (exact) mass is 233 g/mol. The van der Waals surface area contributed by atoms with E-state index < -0.39 is 0 Å². The maximum absolute atomic E-state index is 6.00. The van der Waals surface area contributed by atoms with Gasteiger partial charge in [-0.2, -0.15) is 0 Å². The van der Waals surface area contributed by atoms with E-state index in [-0.39, 0.29) is 0 Å². The minimum absolute atomic E-state index is 0.667. The third kappa shape index (κ3) is 1.38. The highest BCUT2D eigenvalue weighted by Gasteiger charge is 2.23. The number of nitrogens with zero attached hydrogens (tertiary/aromatic N) is 1. The molecule has 1 aromatic heterocycles. The molecule has 0 amide bonds. The van der Waals surface area contributed by atoms with Crippen LogP contribution in [0.15, 0.2) is 24.3 Å². The molecule has 1 unspecified atom stereocenters. The molecule has 0 saturated heterocycles. The summed E-state index contributed by atoms with van der Waals surface area (Å²) in [5.74, 6) is 1.46. The maximum Gasteiger partial charge on any atom is 0.0482 e. The van der Waals surface area contributed by atoms with E-state index >= 15 is 0 Å². The summed E-state index contributed by atoms with van der Waals surface area (Å²) in [7, 11) is 2.18. The number of hydrogen-bond donors (Lipinski definition) is 0. The van der Waals surface area contributed by atoms with Crippen LogP contribution in [0.1, 0.15) is 17.7 Å². The lowest BCUT2D eigenvalue weighted by Crippen LogP contribution is -2.16. The molecule has 0 fully saturated rings. The van der Waals surface area contributed by atoms with Crippen molar-refractivity contribution >= 4 is 22.5 Å². The summed E-state index contributed by atoms with van der Waals surface area (Å²) in [5.41, 5.74) is 4.42. The van der Waals surface area contributed by atoms with E-state index in [0.29, 0.717) is 5.92 Å². The van der Waals surface area contributed by atoms with Crippen LogP contribution in [0.4, 0.5) is 0 Å². The Morgan fingerprint density at radius 1 is 1.38 bits per heavy atom. The van der Waals surface area contributed by atoms with Crippen molar-refractivity contribution in [2.24, 2.45) is 13.0 Å².